The molecule has 8 nitrogen and oxygen atoms in total. The Labute approximate surface area is 229 Å². The van der Waals surface area contributed by atoms with Crippen molar-refractivity contribution in [1.29, 1.82) is 0 Å². The summed E-state index contributed by atoms with van der Waals surface area (Å²) >= 11 is 14.2. The van der Waals surface area contributed by atoms with Gasteiger partial charge >= 0.3 is 6.03 Å². The first-order chi connectivity index (χ1) is 17.9. The second kappa shape index (κ2) is 12.2. The van der Waals surface area contributed by atoms with Crippen LogP contribution in [0.5, 0.6) is 11.5 Å². The summed E-state index contributed by atoms with van der Waals surface area (Å²) in [5, 5.41) is 15.9. The van der Waals surface area contributed by atoms with Crippen LogP contribution in [0.3, 0.4) is 0 Å². The standard InChI is InChI=1S/C26H25Cl2N5O3S/c1-16-6-4-5-7-17(16)15-37-26-32-31-24(33(26)23-9-8-18(27)10-22(23)28)14-29-25(34)30-19-11-20(35-2)13-21(12-19)36-3/h4-13H,14-15H2,1-3H3,(H2,29,30,34). The molecule has 0 unspecified atom stereocenters. The first-order valence-electron chi connectivity index (χ1n) is 11.2. The normalized spacial score (nSPS) is 10.7. The van der Waals surface area contributed by atoms with Crippen molar-refractivity contribution in [3.63, 3.8) is 0 Å². The number of urea groups is 1. The lowest BCUT2D eigenvalue weighted by molar-refractivity contribution is 0.251. The van der Waals surface area contributed by atoms with Crippen LogP contribution in [0.1, 0.15) is 17.0 Å². The molecule has 2 N–H and O–H groups in total. The predicted molar refractivity (Wildman–Crippen MR) is 148 cm³/mol. The molecule has 0 fully saturated rings. The minimum Gasteiger partial charge on any atom is -0.497 e. The molecule has 0 saturated heterocycles. The first-order valence-corrected chi connectivity index (χ1v) is 13.0. The first kappa shape index (κ1) is 26.7. The summed E-state index contributed by atoms with van der Waals surface area (Å²) < 4.78 is 12.3. The number of rotatable bonds is 9. The van der Waals surface area contributed by atoms with E-state index in [1.165, 1.54) is 22.9 Å². The number of aryl methyl sites for hydroxylation is 1. The number of hydrogen-bond donors (Lipinski definition) is 2. The van der Waals surface area contributed by atoms with Crippen LogP contribution in [0, 0.1) is 6.92 Å². The number of methoxy groups -OCH3 is 2. The number of carbonyl (C=O) groups excluding carboxylic acids is 1. The predicted octanol–water partition coefficient (Wildman–Crippen LogP) is 6.51. The van der Waals surface area contributed by atoms with E-state index in [0.717, 1.165) is 0 Å². The summed E-state index contributed by atoms with van der Waals surface area (Å²) in [6.07, 6.45) is 0. The van der Waals surface area contributed by atoms with E-state index in [0.29, 0.717) is 49.7 Å². The van der Waals surface area contributed by atoms with Gasteiger partial charge in [0.25, 0.3) is 0 Å². The molecule has 1 aromatic heterocycles. The zero-order valence-corrected chi connectivity index (χ0v) is 22.7. The van der Waals surface area contributed by atoms with Crippen LogP contribution in [-0.2, 0) is 12.3 Å². The highest BCUT2D eigenvalue weighted by Crippen LogP contribution is 2.31. The van der Waals surface area contributed by atoms with Crippen molar-refractivity contribution in [2.24, 2.45) is 0 Å². The van der Waals surface area contributed by atoms with Crippen molar-refractivity contribution in [2.75, 3.05) is 19.5 Å². The van der Waals surface area contributed by atoms with Gasteiger partial charge in [0.2, 0.25) is 0 Å². The van der Waals surface area contributed by atoms with Crippen LogP contribution in [0.2, 0.25) is 10.0 Å². The van der Waals surface area contributed by atoms with Gasteiger partial charge < -0.3 is 20.1 Å². The number of halogens is 2. The third kappa shape index (κ3) is 6.68. The molecule has 0 atom stereocenters. The summed E-state index contributed by atoms with van der Waals surface area (Å²) in [5.41, 5.74) is 3.57. The minimum absolute atomic E-state index is 0.101. The molecule has 192 valence electrons. The Kier molecular flexibility index (Phi) is 8.81. The maximum absolute atomic E-state index is 12.7. The molecule has 0 spiro atoms. The Morgan fingerprint density at radius 3 is 2.41 bits per heavy atom. The van der Waals surface area contributed by atoms with E-state index in [4.69, 9.17) is 32.7 Å². The highest BCUT2D eigenvalue weighted by atomic mass is 35.5. The number of ether oxygens (including phenoxy) is 2. The molecule has 0 aliphatic carbocycles. The van der Waals surface area contributed by atoms with Gasteiger partial charge in [-0.15, -0.1) is 10.2 Å². The van der Waals surface area contributed by atoms with Crippen LogP contribution in [-0.4, -0.2) is 35.0 Å². The topological polar surface area (TPSA) is 90.3 Å². The molecule has 2 amide bonds. The van der Waals surface area contributed by atoms with Crippen molar-refractivity contribution in [1.82, 2.24) is 20.1 Å². The second-order valence-corrected chi connectivity index (χ2v) is 9.74. The summed E-state index contributed by atoms with van der Waals surface area (Å²) in [7, 11) is 3.09. The molecule has 37 heavy (non-hydrogen) atoms. The molecule has 0 aliphatic heterocycles. The van der Waals surface area contributed by atoms with Gasteiger partial charge in [-0.25, -0.2) is 4.79 Å². The zero-order valence-electron chi connectivity index (χ0n) is 20.4. The third-order valence-electron chi connectivity index (χ3n) is 5.49. The van der Waals surface area contributed by atoms with Crippen LogP contribution < -0.4 is 20.1 Å². The smallest absolute Gasteiger partial charge is 0.319 e. The lowest BCUT2D eigenvalue weighted by atomic mass is 10.1. The van der Waals surface area contributed by atoms with Gasteiger partial charge in [0.05, 0.1) is 31.5 Å². The highest BCUT2D eigenvalue weighted by molar-refractivity contribution is 7.98. The van der Waals surface area contributed by atoms with Gasteiger partial charge in [0.15, 0.2) is 11.0 Å². The van der Waals surface area contributed by atoms with E-state index in [1.807, 2.05) is 16.7 Å². The Morgan fingerprint density at radius 1 is 1.00 bits per heavy atom. The molecular formula is C26H25Cl2N5O3S. The third-order valence-corrected chi connectivity index (χ3v) is 7.00. The van der Waals surface area contributed by atoms with E-state index in [9.17, 15) is 4.79 Å². The number of aromatic nitrogens is 3. The number of amides is 2. The Bertz CT molecular complexity index is 1390. The lowest BCUT2D eigenvalue weighted by Crippen LogP contribution is -2.29. The van der Waals surface area contributed by atoms with Crippen molar-refractivity contribution in [3.05, 3.63) is 87.7 Å². The average Bonchev–Trinajstić information content (AvgIpc) is 3.29. The van der Waals surface area contributed by atoms with Gasteiger partial charge in [0, 0.05) is 34.7 Å². The number of nitrogens with zero attached hydrogens (tertiary/aromatic N) is 3. The van der Waals surface area contributed by atoms with Crippen LogP contribution in [0.15, 0.2) is 65.8 Å². The summed E-state index contributed by atoms with van der Waals surface area (Å²) in [6, 6.07) is 18.1. The number of anilines is 1. The molecule has 0 saturated carbocycles. The maximum atomic E-state index is 12.7. The van der Waals surface area contributed by atoms with Gasteiger partial charge in [0.1, 0.15) is 11.5 Å². The number of thioether (sulfide) groups is 1. The Hall–Kier alpha value is -3.40. The molecule has 1 heterocycles. The number of benzene rings is 3. The van der Waals surface area contributed by atoms with E-state index >= 15 is 0 Å². The Balaban J connectivity index is 1.55. The molecule has 11 heteroatoms. The summed E-state index contributed by atoms with van der Waals surface area (Å²) in [6.45, 7) is 2.17. The van der Waals surface area contributed by atoms with E-state index in [2.05, 4.69) is 39.9 Å². The van der Waals surface area contributed by atoms with Crippen LogP contribution in [0.25, 0.3) is 5.69 Å². The van der Waals surface area contributed by atoms with Gasteiger partial charge in [-0.2, -0.15) is 0 Å². The van der Waals surface area contributed by atoms with Crippen molar-refractivity contribution in [2.45, 2.75) is 24.4 Å². The SMILES string of the molecule is COc1cc(NC(=O)NCc2nnc(SCc3ccccc3C)n2-c2ccc(Cl)cc2Cl)cc(OC)c1. The van der Waals surface area contributed by atoms with Crippen molar-refractivity contribution in [3.8, 4) is 17.2 Å². The molecular weight excluding hydrogens is 533 g/mol. The fraction of sp³-hybridized carbons (Fsp3) is 0.192. The largest absolute Gasteiger partial charge is 0.497 e. The van der Waals surface area contributed by atoms with Gasteiger partial charge in [-0.05, 0) is 36.2 Å². The van der Waals surface area contributed by atoms with Crippen molar-refractivity contribution < 1.29 is 14.3 Å². The van der Waals surface area contributed by atoms with Gasteiger partial charge in [-0.1, -0.05) is 59.2 Å². The molecule has 4 rings (SSSR count). The fourth-order valence-electron chi connectivity index (χ4n) is 3.54. The monoisotopic (exact) mass is 557 g/mol. The molecule has 0 bridgehead atoms. The molecule has 4 aromatic rings. The Morgan fingerprint density at radius 2 is 1.73 bits per heavy atom. The summed E-state index contributed by atoms with van der Waals surface area (Å²) in [4.78, 5) is 12.7. The molecule has 3 aromatic carbocycles. The van der Waals surface area contributed by atoms with Gasteiger partial charge in [-0.3, -0.25) is 4.57 Å². The number of hydrogen-bond acceptors (Lipinski definition) is 6. The zero-order chi connectivity index (χ0) is 26.4. The number of nitrogens with one attached hydrogen (secondary N) is 2. The minimum atomic E-state index is -0.429. The van der Waals surface area contributed by atoms with Crippen LogP contribution in [0.4, 0.5) is 10.5 Å². The van der Waals surface area contributed by atoms with Crippen LogP contribution >= 0.6 is 35.0 Å². The quantitative estimate of drug-likeness (QED) is 0.228. The summed E-state index contributed by atoms with van der Waals surface area (Å²) in [5.74, 6) is 2.32. The van der Waals surface area contributed by atoms with E-state index in [-0.39, 0.29) is 6.54 Å². The second-order valence-electron chi connectivity index (χ2n) is 7.95. The molecule has 0 radical (unpaired) electrons. The van der Waals surface area contributed by atoms with E-state index in [1.54, 1.807) is 50.6 Å². The molecule has 0 aliphatic rings. The highest BCUT2D eigenvalue weighted by Gasteiger charge is 2.18. The maximum Gasteiger partial charge on any atom is 0.319 e. The average molecular weight is 558 g/mol. The lowest BCUT2D eigenvalue weighted by Gasteiger charge is -2.14. The fourth-order valence-corrected chi connectivity index (χ4v) is 5.07. The number of carbonyl (C=O) groups is 1. The van der Waals surface area contributed by atoms with E-state index < -0.39 is 6.03 Å². The van der Waals surface area contributed by atoms with Crippen molar-refractivity contribution >= 4 is 46.7 Å².